The van der Waals surface area contributed by atoms with Gasteiger partial charge in [0.25, 0.3) is 0 Å². The number of nitrogens with one attached hydrogen (secondary N) is 2. The number of rotatable bonds is 2. The Kier molecular flexibility index (Phi) is 3.07. The standard InChI is InChI=1S/C15H18N2O/c18-9-3-4-11-10-16-8-7-13-12-5-1-2-6-14(12)17-15(11)13/h1-3,5-6,9,11,16-18H,4,7-8,10H2. The number of para-hydroxylation sites is 1. The van der Waals surface area contributed by atoms with Crippen LogP contribution in [0, 0.1) is 0 Å². The van der Waals surface area contributed by atoms with Crippen molar-refractivity contribution in [2.24, 2.45) is 0 Å². The Labute approximate surface area is 107 Å². The largest absolute Gasteiger partial charge is 0.516 e. The molecule has 0 amide bonds. The minimum atomic E-state index is 0.415. The first-order valence-corrected chi connectivity index (χ1v) is 6.49. The lowest BCUT2D eigenvalue weighted by Crippen LogP contribution is -2.20. The first-order valence-electron chi connectivity index (χ1n) is 6.49. The van der Waals surface area contributed by atoms with Gasteiger partial charge in [-0.05, 0) is 37.1 Å². The first-order chi connectivity index (χ1) is 8.90. The normalized spacial score (nSPS) is 20.1. The maximum atomic E-state index is 8.84. The van der Waals surface area contributed by atoms with E-state index < -0.39 is 0 Å². The van der Waals surface area contributed by atoms with Crippen molar-refractivity contribution in [3.05, 3.63) is 47.9 Å². The number of aromatic amines is 1. The predicted octanol–water partition coefficient (Wildman–Crippen LogP) is 2.86. The molecule has 2 heterocycles. The van der Waals surface area contributed by atoms with Gasteiger partial charge in [-0.2, -0.15) is 0 Å². The van der Waals surface area contributed by atoms with Crippen LogP contribution in [-0.2, 0) is 6.42 Å². The molecule has 1 aromatic carbocycles. The zero-order chi connectivity index (χ0) is 12.4. The van der Waals surface area contributed by atoms with Gasteiger partial charge in [0, 0.05) is 29.1 Å². The highest BCUT2D eigenvalue weighted by Crippen LogP contribution is 2.31. The van der Waals surface area contributed by atoms with Crippen LogP contribution in [0.4, 0.5) is 0 Å². The summed E-state index contributed by atoms with van der Waals surface area (Å²) in [7, 11) is 0. The molecule has 3 heteroatoms. The molecular formula is C15H18N2O. The van der Waals surface area contributed by atoms with Crippen molar-refractivity contribution in [1.82, 2.24) is 10.3 Å². The van der Waals surface area contributed by atoms with Crippen LogP contribution in [0.1, 0.15) is 23.6 Å². The summed E-state index contributed by atoms with van der Waals surface area (Å²) in [5.74, 6) is 0.415. The zero-order valence-corrected chi connectivity index (χ0v) is 10.3. The summed E-state index contributed by atoms with van der Waals surface area (Å²) in [6.45, 7) is 1.98. The number of aliphatic hydroxyl groups is 1. The fourth-order valence-electron chi connectivity index (χ4n) is 2.86. The molecule has 0 radical (unpaired) electrons. The van der Waals surface area contributed by atoms with Crippen molar-refractivity contribution in [2.45, 2.75) is 18.8 Å². The average molecular weight is 242 g/mol. The summed E-state index contributed by atoms with van der Waals surface area (Å²) in [5, 5.41) is 13.7. The summed E-state index contributed by atoms with van der Waals surface area (Å²) >= 11 is 0. The van der Waals surface area contributed by atoms with Crippen LogP contribution in [0.2, 0.25) is 0 Å². The van der Waals surface area contributed by atoms with Crippen molar-refractivity contribution in [1.29, 1.82) is 0 Å². The van der Waals surface area contributed by atoms with Gasteiger partial charge in [-0.15, -0.1) is 0 Å². The van der Waals surface area contributed by atoms with Gasteiger partial charge >= 0.3 is 0 Å². The van der Waals surface area contributed by atoms with Crippen LogP contribution in [0.3, 0.4) is 0 Å². The topological polar surface area (TPSA) is 48.0 Å². The fourth-order valence-corrected chi connectivity index (χ4v) is 2.86. The van der Waals surface area contributed by atoms with Crippen LogP contribution >= 0.6 is 0 Å². The number of benzene rings is 1. The Morgan fingerprint density at radius 2 is 2.22 bits per heavy atom. The van der Waals surface area contributed by atoms with Gasteiger partial charge in [0.05, 0.1) is 6.26 Å². The first kappa shape index (κ1) is 11.4. The molecular weight excluding hydrogens is 224 g/mol. The van der Waals surface area contributed by atoms with E-state index in [1.165, 1.54) is 22.2 Å². The smallest absolute Gasteiger partial charge is 0.0752 e. The van der Waals surface area contributed by atoms with Gasteiger partial charge in [0.2, 0.25) is 0 Å². The Hall–Kier alpha value is -1.74. The van der Waals surface area contributed by atoms with Crippen LogP contribution in [0.5, 0.6) is 0 Å². The molecule has 0 aliphatic carbocycles. The number of H-pyrrole nitrogens is 1. The van der Waals surface area contributed by atoms with Crippen LogP contribution in [0.25, 0.3) is 10.9 Å². The number of hydrogen-bond donors (Lipinski definition) is 3. The minimum absolute atomic E-state index is 0.415. The Morgan fingerprint density at radius 1 is 1.33 bits per heavy atom. The van der Waals surface area contributed by atoms with Crippen molar-refractivity contribution < 1.29 is 5.11 Å². The van der Waals surface area contributed by atoms with Gasteiger partial charge in [-0.25, -0.2) is 0 Å². The van der Waals surface area contributed by atoms with E-state index in [-0.39, 0.29) is 0 Å². The highest BCUT2D eigenvalue weighted by Gasteiger charge is 2.21. The molecule has 0 bridgehead atoms. The quantitative estimate of drug-likeness (QED) is 0.709. The zero-order valence-electron chi connectivity index (χ0n) is 10.3. The lowest BCUT2D eigenvalue weighted by molar-refractivity contribution is 0.468. The van der Waals surface area contributed by atoms with Crippen molar-refractivity contribution in [3.8, 4) is 0 Å². The van der Waals surface area contributed by atoms with E-state index in [0.29, 0.717) is 5.92 Å². The molecule has 0 fully saturated rings. The summed E-state index contributed by atoms with van der Waals surface area (Å²) in [6, 6.07) is 8.49. The molecule has 0 saturated carbocycles. The van der Waals surface area contributed by atoms with E-state index in [0.717, 1.165) is 32.2 Å². The van der Waals surface area contributed by atoms with Crippen molar-refractivity contribution in [3.63, 3.8) is 0 Å². The summed E-state index contributed by atoms with van der Waals surface area (Å²) < 4.78 is 0. The van der Waals surface area contributed by atoms with Crippen LogP contribution in [-0.4, -0.2) is 23.2 Å². The number of aromatic nitrogens is 1. The third-order valence-electron chi connectivity index (χ3n) is 3.72. The molecule has 1 aliphatic heterocycles. The summed E-state index contributed by atoms with van der Waals surface area (Å²) in [4.78, 5) is 3.56. The van der Waals surface area contributed by atoms with E-state index in [4.69, 9.17) is 5.11 Å². The number of hydrogen-bond acceptors (Lipinski definition) is 2. The molecule has 3 N–H and O–H groups in total. The summed E-state index contributed by atoms with van der Waals surface area (Å²) in [5.41, 5.74) is 3.99. The van der Waals surface area contributed by atoms with Gasteiger partial charge in [0.15, 0.2) is 0 Å². The number of fused-ring (bicyclic) bond motifs is 3. The Bertz CT molecular complexity index is 571. The number of aliphatic hydroxyl groups excluding tert-OH is 1. The highest BCUT2D eigenvalue weighted by molar-refractivity contribution is 5.85. The maximum Gasteiger partial charge on any atom is 0.0752 e. The van der Waals surface area contributed by atoms with Gasteiger partial charge in [-0.1, -0.05) is 18.2 Å². The minimum Gasteiger partial charge on any atom is -0.516 e. The SMILES string of the molecule is OC=CCC1CNCCc2c1[nH]c1ccccc21. The molecule has 0 saturated heterocycles. The monoisotopic (exact) mass is 242 g/mol. The van der Waals surface area contributed by atoms with E-state index in [1.807, 2.05) is 6.08 Å². The molecule has 1 atom stereocenters. The molecule has 94 valence electrons. The summed E-state index contributed by atoms with van der Waals surface area (Å²) in [6.07, 6.45) is 4.90. The van der Waals surface area contributed by atoms with Gasteiger partial charge < -0.3 is 15.4 Å². The molecule has 1 unspecified atom stereocenters. The van der Waals surface area contributed by atoms with Crippen LogP contribution in [0.15, 0.2) is 36.6 Å². The van der Waals surface area contributed by atoms with Gasteiger partial charge in [-0.3, -0.25) is 0 Å². The Morgan fingerprint density at radius 3 is 3.11 bits per heavy atom. The van der Waals surface area contributed by atoms with Crippen molar-refractivity contribution >= 4 is 10.9 Å². The van der Waals surface area contributed by atoms with E-state index in [9.17, 15) is 0 Å². The second-order valence-corrected chi connectivity index (χ2v) is 4.83. The third-order valence-corrected chi connectivity index (χ3v) is 3.72. The van der Waals surface area contributed by atoms with E-state index >= 15 is 0 Å². The molecule has 1 aliphatic rings. The average Bonchev–Trinajstić information content (AvgIpc) is 2.65. The molecule has 1 aromatic heterocycles. The lowest BCUT2D eigenvalue weighted by Gasteiger charge is -2.12. The fraction of sp³-hybridized carbons (Fsp3) is 0.333. The molecule has 2 aromatic rings. The van der Waals surface area contributed by atoms with Gasteiger partial charge in [0.1, 0.15) is 0 Å². The van der Waals surface area contributed by atoms with E-state index in [1.54, 1.807) is 0 Å². The molecule has 3 nitrogen and oxygen atoms in total. The highest BCUT2D eigenvalue weighted by atomic mass is 16.2. The maximum absolute atomic E-state index is 8.84. The second kappa shape index (κ2) is 4.86. The third kappa shape index (κ3) is 1.91. The molecule has 0 spiro atoms. The predicted molar refractivity (Wildman–Crippen MR) is 74.0 cm³/mol. The lowest BCUT2D eigenvalue weighted by atomic mass is 9.97. The number of allylic oxidation sites excluding steroid dienone is 1. The second-order valence-electron chi connectivity index (χ2n) is 4.83. The molecule has 3 rings (SSSR count). The Balaban J connectivity index is 2.08. The molecule has 18 heavy (non-hydrogen) atoms. The van der Waals surface area contributed by atoms with Crippen molar-refractivity contribution in [2.75, 3.05) is 13.1 Å². The van der Waals surface area contributed by atoms with E-state index in [2.05, 4.69) is 34.6 Å². The van der Waals surface area contributed by atoms with Crippen LogP contribution < -0.4 is 5.32 Å².